The number of benzene rings is 2. The van der Waals surface area contributed by atoms with Crippen LogP contribution in [0.15, 0.2) is 46.9 Å². The minimum atomic E-state index is -0.401. The summed E-state index contributed by atoms with van der Waals surface area (Å²) < 4.78 is 6.41. The number of thiocarbonyl (C=S) groups is 1. The van der Waals surface area contributed by atoms with Crippen LogP contribution in [-0.4, -0.2) is 29.6 Å². The van der Waals surface area contributed by atoms with E-state index in [4.69, 9.17) is 17.0 Å². The normalized spacial score (nSPS) is 11.3. The Kier molecular flexibility index (Phi) is 9.26. The van der Waals surface area contributed by atoms with Gasteiger partial charge in [0.25, 0.3) is 11.8 Å². The number of hydrogen-bond donors (Lipinski definition) is 3. The van der Waals surface area contributed by atoms with Gasteiger partial charge in [-0.05, 0) is 62.3 Å². The molecule has 0 fully saturated rings. The van der Waals surface area contributed by atoms with Crippen molar-refractivity contribution in [3.63, 3.8) is 0 Å². The highest BCUT2D eigenvalue weighted by Crippen LogP contribution is 2.23. The van der Waals surface area contributed by atoms with E-state index in [0.717, 1.165) is 17.3 Å². The van der Waals surface area contributed by atoms with E-state index >= 15 is 0 Å². The van der Waals surface area contributed by atoms with E-state index in [0.29, 0.717) is 29.2 Å². The number of carbonyl (C=O) groups excluding carboxylic acids is 2. The van der Waals surface area contributed by atoms with Gasteiger partial charge in [-0.15, -0.1) is 0 Å². The molecule has 0 aliphatic rings. The average molecular weight is 492 g/mol. The van der Waals surface area contributed by atoms with E-state index in [1.54, 1.807) is 36.4 Å². The molecule has 2 amide bonds. The standard InChI is InChI=1S/C22H26BrN3O3S/c1-4-12-29-19-11-10-15(23)13-17(19)21(28)26-22(30)25-18-9-7-6-8-16(18)20(27)24-14(3)5-2/h6-11,13-14H,4-5,12H2,1-3H3,(H,24,27)(H2,25,26,28,30). The molecular weight excluding hydrogens is 466 g/mol. The Morgan fingerprint density at radius 1 is 1.10 bits per heavy atom. The molecule has 2 aromatic carbocycles. The highest BCUT2D eigenvalue weighted by molar-refractivity contribution is 9.10. The number of hydrogen-bond acceptors (Lipinski definition) is 4. The number of carbonyl (C=O) groups is 2. The zero-order valence-electron chi connectivity index (χ0n) is 17.3. The average Bonchev–Trinajstić information content (AvgIpc) is 2.72. The van der Waals surface area contributed by atoms with E-state index in [1.807, 2.05) is 26.8 Å². The lowest BCUT2D eigenvalue weighted by Gasteiger charge is -2.16. The van der Waals surface area contributed by atoms with Gasteiger partial charge in [-0.1, -0.05) is 41.9 Å². The predicted molar refractivity (Wildman–Crippen MR) is 127 cm³/mol. The van der Waals surface area contributed by atoms with Crippen LogP contribution < -0.4 is 20.7 Å². The van der Waals surface area contributed by atoms with Gasteiger partial charge in [0.2, 0.25) is 0 Å². The first-order chi connectivity index (χ1) is 14.3. The van der Waals surface area contributed by atoms with Crippen molar-refractivity contribution >= 4 is 50.8 Å². The lowest BCUT2D eigenvalue weighted by Crippen LogP contribution is -2.36. The van der Waals surface area contributed by atoms with Crippen LogP contribution in [-0.2, 0) is 0 Å². The molecule has 0 radical (unpaired) electrons. The predicted octanol–water partition coefficient (Wildman–Crippen LogP) is 4.89. The SMILES string of the molecule is CCCOc1ccc(Br)cc1C(=O)NC(=S)Nc1ccccc1C(=O)NC(C)CC. The first kappa shape index (κ1) is 23.8. The van der Waals surface area contributed by atoms with Crippen LogP contribution in [0.4, 0.5) is 5.69 Å². The fraction of sp³-hybridized carbons (Fsp3) is 0.318. The lowest BCUT2D eigenvalue weighted by molar-refractivity contribution is 0.0938. The molecule has 30 heavy (non-hydrogen) atoms. The molecule has 0 bridgehead atoms. The van der Waals surface area contributed by atoms with Crippen LogP contribution in [0.2, 0.25) is 0 Å². The fourth-order valence-corrected chi connectivity index (χ4v) is 3.10. The monoisotopic (exact) mass is 491 g/mol. The Bertz CT molecular complexity index is 920. The summed E-state index contributed by atoms with van der Waals surface area (Å²) in [4.78, 5) is 25.3. The number of ether oxygens (including phenoxy) is 1. The van der Waals surface area contributed by atoms with Gasteiger partial charge in [0.1, 0.15) is 5.75 Å². The van der Waals surface area contributed by atoms with Crippen molar-refractivity contribution in [2.75, 3.05) is 11.9 Å². The number of halogens is 1. The summed E-state index contributed by atoms with van der Waals surface area (Å²) in [6.45, 7) is 6.44. The van der Waals surface area contributed by atoms with E-state index in [9.17, 15) is 9.59 Å². The molecule has 2 rings (SSSR count). The highest BCUT2D eigenvalue weighted by Gasteiger charge is 2.17. The fourth-order valence-electron chi connectivity index (χ4n) is 2.54. The Balaban J connectivity index is 2.13. The largest absolute Gasteiger partial charge is 0.493 e. The molecule has 1 atom stereocenters. The van der Waals surface area contributed by atoms with Gasteiger partial charge in [0, 0.05) is 10.5 Å². The first-order valence-corrected chi connectivity index (χ1v) is 11.0. The molecule has 2 aromatic rings. The Morgan fingerprint density at radius 3 is 2.53 bits per heavy atom. The van der Waals surface area contributed by atoms with Gasteiger partial charge in [0.15, 0.2) is 5.11 Å². The van der Waals surface area contributed by atoms with Gasteiger partial charge in [-0.3, -0.25) is 14.9 Å². The van der Waals surface area contributed by atoms with E-state index in [2.05, 4.69) is 31.9 Å². The summed E-state index contributed by atoms with van der Waals surface area (Å²) in [5.41, 5.74) is 1.33. The Labute approximate surface area is 190 Å². The van der Waals surface area contributed by atoms with Crippen molar-refractivity contribution < 1.29 is 14.3 Å². The number of nitrogens with one attached hydrogen (secondary N) is 3. The minimum Gasteiger partial charge on any atom is -0.493 e. The molecule has 3 N–H and O–H groups in total. The quantitative estimate of drug-likeness (QED) is 0.458. The summed E-state index contributed by atoms with van der Waals surface area (Å²) in [5, 5.41) is 8.62. The van der Waals surface area contributed by atoms with Gasteiger partial charge < -0.3 is 15.4 Å². The van der Waals surface area contributed by atoms with Crippen molar-refractivity contribution in [3.8, 4) is 5.75 Å². The second-order valence-electron chi connectivity index (χ2n) is 6.73. The van der Waals surface area contributed by atoms with Crippen molar-refractivity contribution in [3.05, 3.63) is 58.1 Å². The van der Waals surface area contributed by atoms with Crippen LogP contribution in [0.3, 0.4) is 0 Å². The molecule has 0 saturated heterocycles. The Hall–Kier alpha value is -2.45. The van der Waals surface area contributed by atoms with Crippen LogP contribution >= 0.6 is 28.1 Å². The first-order valence-electron chi connectivity index (χ1n) is 9.80. The molecular formula is C22H26BrN3O3S. The Morgan fingerprint density at radius 2 is 1.83 bits per heavy atom. The number of para-hydroxylation sites is 1. The van der Waals surface area contributed by atoms with Gasteiger partial charge in [-0.2, -0.15) is 0 Å². The van der Waals surface area contributed by atoms with Crippen LogP contribution in [0, 0.1) is 0 Å². The van der Waals surface area contributed by atoms with E-state index in [-0.39, 0.29) is 17.1 Å². The highest BCUT2D eigenvalue weighted by atomic mass is 79.9. The summed E-state index contributed by atoms with van der Waals surface area (Å²) >= 11 is 8.68. The molecule has 160 valence electrons. The summed E-state index contributed by atoms with van der Waals surface area (Å²) in [7, 11) is 0. The molecule has 0 spiro atoms. The molecule has 1 unspecified atom stereocenters. The smallest absolute Gasteiger partial charge is 0.261 e. The zero-order valence-corrected chi connectivity index (χ0v) is 19.7. The lowest BCUT2D eigenvalue weighted by atomic mass is 10.1. The van der Waals surface area contributed by atoms with Gasteiger partial charge >= 0.3 is 0 Å². The summed E-state index contributed by atoms with van der Waals surface area (Å²) in [5.74, 6) is -0.126. The number of amides is 2. The molecule has 0 aromatic heterocycles. The van der Waals surface area contributed by atoms with E-state index in [1.165, 1.54) is 0 Å². The molecule has 0 aliphatic heterocycles. The third kappa shape index (κ3) is 6.81. The van der Waals surface area contributed by atoms with Gasteiger partial charge in [-0.25, -0.2) is 0 Å². The summed E-state index contributed by atoms with van der Waals surface area (Å²) in [6.07, 6.45) is 1.65. The third-order valence-corrected chi connectivity index (χ3v) is 4.98. The molecule has 0 aliphatic carbocycles. The van der Waals surface area contributed by atoms with Crippen LogP contribution in [0.1, 0.15) is 54.3 Å². The van der Waals surface area contributed by atoms with E-state index < -0.39 is 5.91 Å². The maximum Gasteiger partial charge on any atom is 0.261 e. The second kappa shape index (κ2) is 11.7. The van der Waals surface area contributed by atoms with Crippen molar-refractivity contribution in [1.82, 2.24) is 10.6 Å². The summed E-state index contributed by atoms with van der Waals surface area (Å²) in [6, 6.07) is 12.3. The minimum absolute atomic E-state index is 0.0512. The molecule has 0 saturated carbocycles. The number of rotatable bonds is 8. The molecule has 8 heteroatoms. The number of anilines is 1. The van der Waals surface area contributed by atoms with Crippen LogP contribution in [0.5, 0.6) is 5.75 Å². The van der Waals surface area contributed by atoms with Crippen molar-refractivity contribution in [2.24, 2.45) is 0 Å². The molecule has 6 nitrogen and oxygen atoms in total. The third-order valence-electron chi connectivity index (χ3n) is 4.28. The topological polar surface area (TPSA) is 79.5 Å². The van der Waals surface area contributed by atoms with Gasteiger partial charge in [0.05, 0.1) is 23.4 Å². The van der Waals surface area contributed by atoms with Crippen molar-refractivity contribution in [2.45, 2.75) is 39.7 Å². The second-order valence-corrected chi connectivity index (χ2v) is 8.05. The zero-order chi connectivity index (χ0) is 22.1. The van der Waals surface area contributed by atoms with Crippen LogP contribution in [0.25, 0.3) is 0 Å². The van der Waals surface area contributed by atoms with Crippen molar-refractivity contribution in [1.29, 1.82) is 0 Å². The maximum atomic E-state index is 12.8. The maximum absolute atomic E-state index is 12.8. The molecule has 0 heterocycles.